The first-order chi connectivity index (χ1) is 11.9. The Hall–Kier alpha value is -2.40. The van der Waals surface area contributed by atoms with E-state index in [4.69, 9.17) is 0 Å². The molecule has 0 saturated carbocycles. The Kier molecular flexibility index (Phi) is 8.64. The van der Waals surface area contributed by atoms with Crippen LogP contribution < -0.4 is 15.5 Å². The topological polar surface area (TPSA) is 40.2 Å². The number of aromatic nitrogens is 1. The summed E-state index contributed by atoms with van der Waals surface area (Å²) in [7, 11) is 7.83. The van der Waals surface area contributed by atoms with Crippen LogP contribution in [-0.2, 0) is 0 Å². The molecule has 2 N–H and O–H groups in total. The Labute approximate surface area is 156 Å². The Morgan fingerprint density at radius 1 is 1.12 bits per heavy atom. The number of rotatable bonds is 6. The third-order valence-electron chi connectivity index (χ3n) is 3.42. The minimum atomic E-state index is 0.889. The van der Waals surface area contributed by atoms with E-state index in [1.165, 1.54) is 23.0 Å². The van der Waals surface area contributed by atoms with E-state index in [1.807, 2.05) is 39.2 Å². The van der Waals surface area contributed by atoms with Crippen molar-refractivity contribution in [2.24, 2.45) is 0 Å². The zero-order valence-corrected chi connectivity index (χ0v) is 16.6. The van der Waals surface area contributed by atoms with Crippen molar-refractivity contribution in [3.8, 4) is 0 Å². The molecule has 2 aromatic rings. The fourth-order valence-corrected chi connectivity index (χ4v) is 2.76. The SMILES string of the molecule is C=CC(=C)Sc1nccc(N(C)C)c1NC.CNc1ccc(C)cc1. The van der Waals surface area contributed by atoms with Gasteiger partial charge in [0.2, 0.25) is 0 Å². The monoisotopic (exact) mass is 356 g/mol. The molecule has 0 spiro atoms. The number of benzene rings is 1. The highest BCUT2D eigenvalue weighted by molar-refractivity contribution is 8.03. The van der Waals surface area contributed by atoms with Gasteiger partial charge in [-0.1, -0.05) is 48.7 Å². The zero-order valence-electron chi connectivity index (χ0n) is 15.8. The average molecular weight is 357 g/mol. The van der Waals surface area contributed by atoms with E-state index in [-0.39, 0.29) is 0 Å². The third kappa shape index (κ3) is 6.55. The standard InChI is InChI=1S/C12H17N3S.C8H11N/c1-6-9(2)16-12-11(13-3)10(15(4)5)7-8-14-12;1-7-3-5-8(9-2)6-4-7/h6-8,13H,1-2H2,3-5H3;3-6,9H,1-2H3. The maximum atomic E-state index is 4.35. The van der Waals surface area contributed by atoms with Crippen molar-refractivity contribution in [1.29, 1.82) is 0 Å². The highest BCUT2D eigenvalue weighted by Crippen LogP contribution is 2.35. The molecule has 0 bridgehead atoms. The second-order valence-electron chi connectivity index (χ2n) is 5.54. The van der Waals surface area contributed by atoms with Gasteiger partial charge < -0.3 is 15.5 Å². The largest absolute Gasteiger partial charge is 0.388 e. The minimum absolute atomic E-state index is 0.889. The number of nitrogens with one attached hydrogen (secondary N) is 2. The van der Waals surface area contributed by atoms with E-state index in [1.54, 1.807) is 12.3 Å². The summed E-state index contributed by atoms with van der Waals surface area (Å²) in [4.78, 5) is 7.28. The summed E-state index contributed by atoms with van der Waals surface area (Å²) < 4.78 is 0. The van der Waals surface area contributed by atoms with Crippen LogP contribution >= 0.6 is 11.8 Å². The van der Waals surface area contributed by atoms with Gasteiger partial charge in [0, 0.05) is 45.0 Å². The molecular weight excluding hydrogens is 328 g/mol. The lowest BCUT2D eigenvalue weighted by Gasteiger charge is -2.19. The predicted octanol–water partition coefficient (Wildman–Crippen LogP) is 5.02. The number of thioether (sulfide) groups is 1. The lowest BCUT2D eigenvalue weighted by Crippen LogP contribution is -2.12. The second-order valence-corrected chi connectivity index (χ2v) is 6.66. The van der Waals surface area contributed by atoms with Crippen LogP contribution in [0.2, 0.25) is 0 Å². The van der Waals surface area contributed by atoms with Crippen LogP contribution in [-0.4, -0.2) is 33.2 Å². The maximum Gasteiger partial charge on any atom is 0.126 e. The smallest absolute Gasteiger partial charge is 0.126 e. The van der Waals surface area contributed by atoms with Gasteiger partial charge >= 0.3 is 0 Å². The van der Waals surface area contributed by atoms with Crippen LogP contribution in [0.15, 0.2) is 65.7 Å². The normalized spacial score (nSPS) is 9.48. The van der Waals surface area contributed by atoms with Crippen LogP contribution in [0.25, 0.3) is 0 Å². The minimum Gasteiger partial charge on any atom is -0.388 e. The van der Waals surface area contributed by atoms with Crippen molar-refractivity contribution in [2.75, 3.05) is 43.7 Å². The van der Waals surface area contributed by atoms with Crippen molar-refractivity contribution >= 4 is 28.8 Å². The first kappa shape index (κ1) is 20.6. The van der Waals surface area contributed by atoms with Gasteiger partial charge in [-0.05, 0) is 25.1 Å². The van der Waals surface area contributed by atoms with Gasteiger partial charge in [0.05, 0.1) is 11.4 Å². The van der Waals surface area contributed by atoms with Crippen LogP contribution in [0.1, 0.15) is 5.56 Å². The van der Waals surface area contributed by atoms with Crippen molar-refractivity contribution in [3.05, 3.63) is 66.2 Å². The fraction of sp³-hybridized carbons (Fsp3) is 0.250. The summed E-state index contributed by atoms with van der Waals surface area (Å²) in [5, 5.41) is 7.14. The van der Waals surface area contributed by atoms with Gasteiger partial charge in [0.1, 0.15) is 5.03 Å². The Bertz CT molecular complexity index is 693. The highest BCUT2D eigenvalue weighted by atomic mass is 32.2. The van der Waals surface area contributed by atoms with E-state index in [2.05, 4.69) is 60.0 Å². The van der Waals surface area contributed by atoms with Crippen LogP contribution in [0.4, 0.5) is 17.1 Å². The van der Waals surface area contributed by atoms with Crippen molar-refractivity contribution < 1.29 is 0 Å². The number of aryl methyl sites for hydroxylation is 1. The van der Waals surface area contributed by atoms with Gasteiger partial charge in [-0.25, -0.2) is 4.98 Å². The van der Waals surface area contributed by atoms with Crippen molar-refractivity contribution in [3.63, 3.8) is 0 Å². The Morgan fingerprint density at radius 3 is 2.24 bits per heavy atom. The molecule has 0 aliphatic heterocycles. The first-order valence-electron chi connectivity index (χ1n) is 8.00. The molecule has 0 fully saturated rings. The van der Waals surface area contributed by atoms with E-state index in [0.717, 1.165) is 21.3 Å². The number of allylic oxidation sites excluding steroid dienone is 1. The van der Waals surface area contributed by atoms with Gasteiger partial charge in [0.25, 0.3) is 0 Å². The van der Waals surface area contributed by atoms with E-state index < -0.39 is 0 Å². The van der Waals surface area contributed by atoms with Gasteiger partial charge in [-0.2, -0.15) is 0 Å². The molecule has 2 rings (SSSR count). The molecule has 134 valence electrons. The zero-order chi connectivity index (χ0) is 18.8. The summed E-state index contributed by atoms with van der Waals surface area (Å²) in [6.45, 7) is 9.66. The Morgan fingerprint density at radius 2 is 1.76 bits per heavy atom. The lowest BCUT2D eigenvalue weighted by molar-refractivity contribution is 1.07. The summed E-state index contributed by atoms with van der Waals surface area (Å²) >= 11 is 1.51. The molecule has 0 aliphatic carbocycles. The van der Waals surface area contributed by atoms with E-state index >= 15 is 0 Å². The third-order valence-corrected chi connectivity index (χ3v) is 4.35. The molecule has 0 radical (unpaired) electrons. The molecule has 0 saturated heterocycles. The molecule has 0 atom stereocenters. The molecule has 0 amide bonds. The lowest BCUT2D eigenvalue weighted by atomic mass is 10.2. The number of anilines is 3. The van der Waals surface area contributed by atoms with E-state index in [0.29, 0.717) is 0 Å². The second kappa shape index (κ2) is 10.5. The average Bonchev–Trinajstić information content (AvgIpc) is 2.62. The van der Waals surface area contributed by atoms with Crippen LogP contribution in [0.5, 0.6) is 0 Å². The number of hydrogen-bond donors (Lipinski definition) is 2. The summed E-state index contributed by atoms with van der Waals surface area (Å²) in [6, 6.07) is 10.3. The molecule has 1 aromatic heterocycles. The first-order valence-corrected chi connectivity index (χ1v) is 8.82. The maximum absolute atomic E-state index is 4.35. The number of pyridine rings is 1. The molecule has 0 aliphatic rings. The van der Waals surface area contributed by atoms with Crippen molar-refractivity contribution in [1.82, 2.24) is 4.98 Å². The summed E-state index contributed by atoms with van der Waals surface area (Å²) in [6.07, 6.45) is 3.53. The highest BCUT2D eigenvalue weighted by Gasteiger charge is 2.10. The molecular formula is C20H28N4S. The molecule has 1 heterocycles. The number of hydrogen-bond acceptors (Lipinski definition) is 5. The van der Waals surface area contributed by atoms with Gasteiger partial charge in [-0.15, -0.1) is 0 Å². The fourth-order valence-electron chi connectivity index (χ4n) is 2.00. The van der Waals surface area contributed by atoms with Crippen LogP contribution in [0.3, 0.4) is 0 Å². The van der Waals surface area contributed by atoms with Gasteiger partial charge in [-0.3, -0.25) is 0 Å². The summed E-state index contributed by atoms with van der Waals surface area (Å²) in [5.74, 6) is 0. The molecule has 25 heavy (non-hydrogen) atoms. The van der Waals surface area contributed by atoms with Crippen molar-refractivity contribution in [2.45, 2.75) is 11.9 Å². The molecule has 0 unspecified atom stereocenters. The Balaban J connectivity index is 0.000000293. The summed E-state index contributed by atoms with van der Waals surface area (Å²) in [5.41, 5.74) is 4.59. The predicted molar refractivity (Wildman–Crippen MR) is 114 cm³/mol. The van der Waals surface area contributed by atoms with Crippen LogP contribution in [0, 0.1) is 6.92 Å². The number of nitrogens with zero attached hydrogens (tertiary/aromatic N) is 2. The van der Waals surface area contributed by atoms with Gasteiger partial charge in [0.15, 0.2) is 0 Å². The quantitative estimate of drug-likeness (QED) is 0.562. The molecule has 1 aromatic carbocycles. The molecule has 5 heteroatoms. The molecule has 4 nitrogen and oxygen atoms in total. The van der Waals surface area contributed by atoms with E-state index in [9.17, 15) is 0 Å².